The van der Waals surface area contributed by atoms with E-state index in [1.54, 1.807) is 6.07 Å². The molecule has 0 aromatic carbocycles. The first kappa shape index (κ1) is 9.70. The summed E-state index contributed by atoms with van der Waals surface area (Å²) in [6.07, 6.45) is 0.736. The molecule has 3 nitrogen and oxygen atoms in total. The zero-order valence-corrected chi connectivity index (χ0v) is 7.44. The number of rotatable bonds is 1. The van der Waals surface area contributed by atoms with Crippen molar-refractivity contribution in [3.63, 3.8) is 0 Å². The van der Waals surface area contributed by atoms with Crippen LogP contribution in [0.4, 0.5) is 13.2 Å². The van der Waals surface area contributed by atoms with Crippen molar-refractivity contribution in [2.75, 3.05) is 0 Å². The van der Waals surface area contributed by atoms with Crippen LogP contribution in [0.2, 0.25) is 0 Å². The standard InChI is InChI=1S/C9H6F3N3/c10-9(11,12)8-14-4-5-15(8)7-2-1-3-13-6-7/h1-6H. The Kier molecular flexibility index (Phi) is 2.18. The number of halogens is 3. The predicted octanol–water partition coefficient (Wildman–Crippen LogP) is 2.29. The molecule has 0 amide bonds. The van der Waals surface area contributed by atoms with Gasteiger partial charge in [-0.1, -0.05) is 0 Å². The van der Waals surface area contributed by atoms with Gasteiger partial charge in [0.2, 0.25) is 5.82 Å². The summed E-state index contributed by atoms with van der Waals surface area (Å²) in [5, 5.41) is 0. The van der Waals surface area contributed by atoms with Gasteiger partial charge in [-0.15, -0.1) is 0 Å². The Morgan fingerprint density at radius 1 is 1.20 bits per heavy atom. The monoisotopic (exact) mass is 213 g/mol. The van der Waals surface area contributed by atoms with E-state index in [4.69, 9.17) is 0 Å². The zero-order valence-electron chi connectivity index (χ0n) is 7.44. The number of aromatic nitrogens is 3. The van der Waals surface area contributed by atoms with Crippen LogP contribution in [0.3, 0.4) is 0 Å². The first-order chi connectivity index (χ1) is 7.09. The van der Waals surface area contributed by atoms with Crippen molar-refractivity contribution in [1.82, 2.24) is 14.5 Å². The summed E-state index contributed by atoms with van der Waals surface area (Å²) < 4.78 is 38.3. The molecule has 6 heteroatoms. The third kappa shape index (κ3) is 1.83. The van der Waals surface area contributed by atoms with Gasteiger partial charge < -0.3 is 0 Å². The molecule has 0 spiro atoms. The molecule has 2 aromatic heterocycles. The van der Waals surface area contributed by atoms with Crippen LogP contribution in [0.5, 0.6) is 0 Å². The van der Waals surface area contributed by atoms with E-state index >= 15 is 0 Å². The average Bonchev–Trinajstić information content (AvgIpc) is 2.67. The Labute approximate surface area is 83.2 Å². The van der Waals surface area contributed by atoms with E-state index in [0.717, 1.165) is 10.8 Å². The van der Waals surface area contributed by atoms with Crippen LogP contribution in [0, 0.1) is 0 Å². The molecular weight excluding hydrogens is 207 g/mol. The van der Waals surface area contributed by atoms with E-state index in [1.165, 1.54) is 24.7 Å². The average molecular weight is 213 g/mol. The Bertz CT molecular complexity index is 447. The lowest BCUT2D eigenvalue weighted by Gasteiger charge is -2.09. The molecule has 78 valence electrons. The second-order valence-electron chi connectivity index (χ2n) is 2.83. The van der Waals surface area contributed by atoms with Crippen LogP contribution >= 0.6 is 0 Å². The first-order valence-electron chi connectivity index (χ1n) is 4.10. The summed E-state index contributed by atoms with van der Waals surface area (Å²) in [6, 6.07) is 3.10. The van der Waals surface area contributed by atoms with E-state index in [-0.39, 0.29) is 0 Å². The minimum absolute atomic E-state index is 0.335. The molecule has 0 radical (unpaired) electrons. The highest BCUT2D eigenvalue weighted by molar-refractivity contribution is 5.30. The first-order valence-corrected chi connectivity index (χ1v) is 4.10. The van der Waals surface area contributed by atoms with Crippen LogP contribution in [0.15, 0.2) is 36.9 Å². The van der Waals surface area contributed by atoms with Crippen LogP contribution in [-0.2, 0) is 6.18 Å². The van der Waals surface area contributed by atoms with Gasteiger partial charge in [-0.05, 0) is 12.1 Å². The highest BCUT2D eigenvalue weighted by Gasteiger charge is 2.36. The highest BCUT2D eigenvalue weighted by Crippen LogP contribution is 2.29. The fourth-order valence-corrected chi connectivity index (χ4v) is 1.22. The minimum Gasteiger partial charge on any atom is -0.295 e. The van der Waals surface area contributed by atoms with Crippen molar-refractivity contribution in [2.24, 2.45) is 0 Å². The summed E-state index contributed by atoms with van der Waals surface area (Å²) in [7, 11) is 0. The van der Waals surface area contributed by atoms with E-state index in [0.29, 0.717) is 5.69 Å². The summed E-state index contributed by atoms with van der Waals surface area (Å²) in [4.78, 5) is 7.02. The van der Waals surface area contributed by atoms with Crippen LogP contribution < -0.4 is 0 Å². The van der Waals surface area contributed by atoms with Crippen molar-refractivity contribution < 1.29 is 13.2 Å². The van der Waals surface area contributed by atoms with Gasteiger partial charge in [-0.25, -0.2) is 4.98 Å². The number of pyridine rings is 1. The molecule has 2 heterocycles. The van der Waals surface area contributed by atoms with Crippen LogP contribution in [0.25, 0.3) is 5.69 Å². The molecular formula is C9H6F3N3. The quantitative estimate of drug-likeness (QED) is 0.727. The number of alkyl halides is 3. The molecule has 0 aliphatic carbocycles. The van der Waals surface area contributed by atoms with E-state index in [1.807, 2.05) is 0 Å². The van der Waals surface area contributed by atoms with Gasteiger partial charge >= 0.3 is 6.18 Å². The van der Waals surface area contributed by atoms with Gasteiger partial charge in [0, 0.05) is 18.6 Å². The predicted molar refractivity (Wildman–Crippen MR) is 46.4 cm³/mol. The molecule has 0 saturated heterocycles. The Morgan fingerprint density at radius 3 is 2.60 bits per heavy atom. The normalized spacial score (nSPS) is 11.7. The van der Waals surface area contributed by atoms with E-state index in [2.05, 4.69) is 9.97 Å². The minimum atomic E-state index is -4.46. The van der Waals surface area contributed by atoms with Crippen LogP contribution in [0.1, 0.15) is 5.82 Å². The van der Waals surface area contributed by atoms with E-state index < -0.39 is 12.0 Å². The summed E-state index contributed by atoms with van der Waals surface area (Å²) in [5.41, 5.74) is 0.335. The molecule has 0 N–H and O–H groups in total. The number of hydrogen-bond acceptors (Lipinski definition) is 2. The summed E-state index contributed by atoms with van der Waals surface area (Å²) >= 11 is 0. The third-order valence-corrected chi connectivity index (χ3v) is 1.82. The maximum absolute atomic E-state index is 12.5. The van der Waals surface area contributed by atoms with Gasteiger partial charge in [-0.2, -0.15) is 13.2 Å². The van der Waals surface area contributed by atoms with E-state index in [9.17, 15) is 13.2 Å². The van der Waals surface area contributed by atoms with Crippen LogP contribution in [-0.4, -0.2) is 14.5 Å². The van der Waals surface area contributed by atoms with Gasteiger partial charge in [0.05, 0.1) is 11.9 Å². The van der Waals surface area contributed by atoms with Gasteiger partial charge in [0.1, 0.15) is 0 Å². The van der Waals surface area contributed by atoms with Gasteiger partial charge in [0.25, 0.3) is 0 Å². The lowest BCUT2D eigenvalue weighted by atomic mass is 10.4. The Balaban J connectivity index is 2.51. The molecule has 0 aliphatic heterocycles. The van der Waals surface area contributed by atoms with Crippen molar-refractivity contribution in [3.8, 4) is 5.69 Å². The fourth-order valence-electron chi connectivity index (χ4n) is 1.22. The largest absolute Gasteiger partial charge is 0.450 e. The number of imidazole rings is 1. The Morgan fingerprint density at radius 2 is 2.00 bits per heavy atom. The molecule has 15 heavy (non-hydrogen) atoms. The second-order valence-corrected chi connectivity index (χ2v) is 2.83. The Hall–Kier alpha value is -1.85. The van der Waals surface area contributed by atoms with Crippen molar-refractivity contribution in [3.05, 3.63) is 42.7 Å². The SMILES string of the molecule is FC(F)(F)c1nccn1-c1cccnc1. The molecule has 0 aliphatic rings. The third-order valence-electron chi connectivity index (χ3n) is 1.82. The molecule has 0 atom stereocenters. The molecule has 0 saturated carbocycles. The maximum atomic E-state index is 12.5. The molecule has 2 rings (SSSR count). The lowest BCUT2D eigenvalue weighted by Crippen LogP contribution is -2.13. The molecule has 0 unspecified atom stereocenters. The summed E-state index contributed by atoms with van der Waals surface area (Å²) in [6.45, 7) is 0. The summed E-state index contributed by atoms with van der Waals surface area (Å²) in [5.74, 6) is -0.949. The van der Waals surface area contributed by atoms with Crippen molar-refractivity contribution in [2.45, 2.75) is 6.18 Å². The maximum Gasteiger partial charge on any atom is 0.450 e. The number of nitrogens with zero attached hydrogens (tertiary/aromatic N) is 3. The lowest BCUT2D eigenvalue weighted by molar-refractivity contribution is -0.145. The topological polar surface area (TPSA) is 30.7 Å². The smallest absolute Gasteiger partial charge is 0.295 e. The van der Waals surface area contributed by atoms with Crippen molar-refractivity contribution in [1.29, 1.82) is 0 Å². The fraction of sp³-hybridized carbons (Fsp3) is 0.111. The molecule has 0 fully saturated rings. The van der Waals surface area contributed by atoms with Crippen molar-refractivity contribution >= 4 is 0 Å². The van der Waals surface area contributed by atoms with Gasteiger partial charge in [-0.3, -0.25) is 9.55 Å². The second kappa shape index (κ2) is 3.38. The van der Waals surface area contributed by atoms with Gasteiger partial charge in [0.15, 0.2) is 0 Å². The molecule has 2 aromatic rings. The number of hydrogen-bond donors (Lipinski definition) is 0. The highest BCUT2D eigenvalue weighted by atomic mass is 19.4. The zero-order chi connectivity index (χ0) is 10.9. The molecule has 0 bridgehead atoms.